The molecule has 2 atom stereocenters. The molecule has 2 unspecified atom stereocenters. The maximum absolute atomic E-state index is 16.8. The largest absolute Gasteiger partial charge is 0.496 e. The lowest BCUT2D eigenvalue weighted by Gasteiger charge is -2.54. The molecule has 6 aromatic carbocycles. The van der Waals surface area contributed by atoms with Crippen LogP contribution in [0.1, 0.15) is 77.6 Å². The average molecular weight is 835 g/mol. The summed E-state index contributed by atoms with van der Waals surface area (Å²) in [6.45, 7) is 0. The Morgan fingerprint density at radius 1 is 0.500 bits per heavy atom. The van der Waals surface area contributed by atoms with Gasteiger partial charge in [-0.25, -0.2) is 0 Å². The number of methoxy groups -OCH3 is 4. The Morgan fingerprint density at radius 3 is 1.08 bits per heavy atom. The standard InChI is InChI=1S/C52H54N2O8/c1-59-42-30-16-12-26-38(42)51(57,39-27-13-17-31-43(39)60-2)46(36-22-8-5-9-23-36)54(49(56)50(48(53)55)34-20-7-21-35-50)47(37-24-10-6-11-25-37)52(58,40-28-14-18-32-44(40)61-3)41-29-15-19-33-45(41)62-4/h5-6,8-19,22-33,46-47,57-58H,7,20-21,34-35H2,1-4H3,(H2,53,55). The minimum absolute atomic E-state index is 0.157. The first-order valence-electron chi connectivity index (χ1n) is 20.8. The van der Waals surface area contributed by atoms with Gasteiger partial charge in [-0.05, 0) is 48.2 Å². The van der Waals surface area contributed by atoms with Crippen LogP contribution in [0, 0.1) is 5.41 Å². The zero-order valence-electron chi connectivity index (χ0n) is 35.6. The number of para-hydroxylation sites is 4. The third-order valence-electron chi connectivity index (χ3n) is 12.5. The van der Waals surface area contributed by atoms with E-state index in [1.807, 2.05) is 60.7 Å². The van der Waals surface area contributed by atoms with E-state index in [1.54, 1.807) is 97.1 Å². The van der Waals surface area contributed by atoms with Crippen LogP contribution in [0.25, 0.3) is 0 Å². The van der Waals surface area contributed by atoms with Gasteiger partial charge in [-0.2, -0.15) is 0 Å². The van der Waals surface area contributed by atoms with Crippen molar-refractivity contribution in [1.82, 2.24) is 4.90 Å². The molecule has 0 radical (unpaired) electrons. The summed E-state index contributed by atoms with van der Waals surface area (Å²) in [5.41, 5.74) is 2.33. The fourth-order valence-electron chi connectivity index (χ4n) is 9.55. The van der Waals surface area contributed by atoms with E-state index < -0.39 is 40.5 Å². The predicted molar refractivity (Wildman–Crippen MR) is 238 cm³/mol. The molecule has 6 aromatic rings. The molecule has 0 aliphatic heterocycles. The van der Waals surface area contributed by atoms with Crippen molar-refractivity contribution in [3.8, 4) is 23.0 Å². The Hall–Kier alpha value is -6.62. The number of rotatable bonds is 16. The lowest BCUT2D eigenvalue weighted by Crippen LogP contribution is -2.60. The van der Waals surface area contributed by atoms with E-state index in [0.29, 0.717) is 69.2 Å². The molecule has 1 saturated carbocycles. The lowest BCUT2D eigenvalue weighted by molar-refractivity contribution is -0.170. The molecule has 1 fully saturated rings. The van der Waals surface area contributed by atoms with Crippen molar-refractivity contribution in [3.63, 3.8) is 0 Å². The fourth-order valence-corrected chi connectivity index (χ4v) is 9.55. The van der Waals surface area contributed by atoms with Gasteiger partial charge in [0.2, 0.25) is 11.8 Å². The normalized spacial score (nSPS) is 14.8. The molecule has 0 saturated heterocycles. The van der Waals surface area contributed by atoms with Crippen LogP contribution < -0.4 is 24.7 Å². The van der Waals surface area contributed by atoms with Crippen LogP contribution in [0.2, 0.25) is 0 Å². The molecule has 1 aliphatic carbocycles. The molecule has 10 heteroatoms. The van der Waals surface area contributed by atoms with Gasteiger partial charge in [0.15, 0.2) is 0 Å². The fraction of sp³-hybridized carbons (Fsp3) is 0.269. The maximum atomic E-state index is 16.8. The molecule has 1 aliphatic rings. The minimum atomic E-state index is -2.25. The highest BCUT2D eigenvalue weighted by Crippen LogP contribution is 2.59. The third kappa shape index (κ3) is 7.54. The lowest BCUT2D eigenvalue weighted by atomic mass is 9.67. The van der Waals surface area contributed by atoms with Crippen LogP contribution in [0.4, 0.5) is 0 Å². The summed E-state index contributed by atoms with van der Waals surface area (Å²) in [5.74, 6) is -0.189. The van der Waals surface area contributed by atoms with Crippen LogP contribution >= 0.6 is 0 Å². The molecule has 62 heavy (non-hydrogen) atoms. The number of nitrogens with two attached hydrogens (primary N) is 1. The topological polar surface area (TPSA) is 141 Å². The Labute approximate surface area is 363 Å². The van der Waals surface area contributed by atoms with Crippen molar-refractivity contribution >= 4 is 11.8 Å². The number of amides is 2. The van der Waals surface area contributed by atoms with Crippen LogP contribution in [-0.2, 0) is 20.8 Å². The van der Waals surface area contributed by atoms with E-state index in [9.17, 15) is 15.0 Å². The first-order chi connectivity index (χ1) is 30.1. The zero-order chi connectivity index (χ0) is 43.9. The second-order valence-electron chi connectivity index (χ2n) is 15.7. The third-order valence-corrected chi connectivity index (χ3v) is 12.5. The Morgan fingerprint density at radius 2 is 0.790 bits per heavy atom. The van der Waals surface area contributed by atoms with Crippen molar-refractivity contribution < 1.29 is 38.7 Å². The first kappa shape index (κ1) is 43.5. The van der Waals surface area contributed by atoms with Gasteiger partial charge in [-0.3, -0.25) is 9.59 Å². The van der Waals surface area contributed by atoms with E-state index >= 15 is 4.79 Å². The molecule has 320 valence electrons. The quantitative estimate of drug-likeness (QED) is 0.0824. The average Bonchev–Trinajstić information content (AvgIpc) is 3.34. The monoisotopic (exact) mass is 834 g/mol. The van der Waals surface area contributed by atoms with E-state index in [-0.39, 0.29) is 12.8 Å². The Balaban J connectivity index is 1.75. The van der Waals surface area contributed by atoms with E-state index in [4.69, 9.17) is 24.7 Å². The Kier molecular flexibility index (Phi) is 13.0. The van der Waals surface area contributed by atoms with Gasteiger partial charge in [0.05, 0.1) is 40.5 Å². The number of nitrogens with zero attached hydrogens (tertiary/aromatic N) is 1. The van der Waals surface area contributed by atoms with Crippen LogP contribution in [-0.4, -0.2) is 55.4 Å². The summed E-state index contributed by atoms with van der Waals surface area (Å²) in [4.78, 5) is 32.6. The van der Waals surface area contributed by atoms with Gasteiger partial charge in [-0.1, -0.05) is 153 Å². The van der Waals surface area contributed by atoms with Crippen molar-refractivity contribution in [2.75, 3.05) is 28.4 Å². The number of primary amides is 1. The molecule has 0 heterocycles. The van der Waals surface area contributed by atoms with Crippen molar-refractivity contribution in [3.05, 3.63) is 191 Å². The summed E-state index contributed by atoms with van der Waals surface area (Å²) in [7, 11) is 6.06. The summed E-state index contributed by atoms with van der Waals surface area (Å²) >= 11 is 0. The number of aliphatic hydroxyl groups is 2. The second-order valence-corrected chi connectivity index (χ2v) is 15.7. The van der Waals surface area contributed by atoms with Gasteiger partial charge in [0.25, 0.3) is 0 Å². The SMILES string of the molecule is COc1ccccc1C(O)(c1ccccc1OC)C(c1ccccc1)N(C(=O)C1(C(N)=O)CCCCC1)C(c1ccccc1)C(O)(c1ccccc1OC)c1ccccc1OC. The minimum Gasteiger partial charge on any atom is -0.496 e. The van der Waals surface area contributed by atoms with Gasteiger partial charge < -0.3 is 39.8 Å². The number of ether oxygens (including phenoxy) is 4. The molecule has 0 bridgehead atoms. The highest BCUT2D eigenvalue weighted by Gasteiger charge is 2.60. The van der Waals surface area contributed by atoms with Crippen molar-refractivity contribution in [1.29, 1.82) is 0 Å². The molecule has 4 N–H and O–H groups in total. The maximum Gasteiger partial charge on any atom is 0.239 e. The molecule has 7 rings (SSSR count). The molecule has 2 amide bonds. The highest BCUT2D eigenvalue weighted by molar-refractivity contribution is 6.05. The molecule has 0 aromatic heterocycles. The van der Waals surface area contributed by atoms with E-state index in [2.05, 4.69) is 0 Å². The van der Waals surface area contributed by atoms with E-state index in [1.165, 1.54) is 33.3 Å². The van der Waals surface area contributed by atoms with Crippen LogP contribution in [0.5, 0.6) is 23.0 Å². The molecule has 10 nitrogen and oxygen atoms in total. The second kappa shape index (κ2) is 18.6. The molecule has 0 spiro atoms. The highest BCUT2D eigenvalue weighted by atomic mass is 16.5. The van der Waals surface area contributed by atoms with Gasteiger partial charge in [0, 0.05) is 22.3 Å². The summed E-state index contributed by atoms with van der Waals surface area (Å²) in [6, 6.07) is 43.7. The molecular weight excluding hydrogens is 781 g/mol. The van der Waals surface area contributed by atoms with Crippen LogP contribution in [0.3, 0.4) is 0 Å². The Bertz CT molecular complexity index is 2230. The predicted octanol–water partition coefficient (Wildman–Crippen LogP) is 8.64. The number of carbonyl (C=O) groups is 2. The zero-order valence-corrected chi connectivity index (χ0v) is 35.6. The van der Waals surface area contributed by atoms with Crippen molar-refractivity contribution in [2.45, 2.75) is 55.4 Å². The van der Waals surface area contributed by atoms with E-state index in [0.717, 1.165) is 6.42 Å². The van der Waals surface area contributed by atoms with Crippen molar-refractivity contribution in [2.24, 2.45) is 11.1 Å². The molecular formula is C52H54N2O8. The van der Waals surface area contributed by atoms with Gasteiger partial charge in [-0.15, -0.1) is 0 Å². The summed E-state index contributed by atoms with van der Waals surface area (Å²) in [6.07, 6.45) is 2.22. The smallest absolute Gasteiger partial charge is 0.239 e. The summed E-state index contributed by atoms with van der Waals surface area (Å²) in [5, 5.41) is 29.1. The van der Waals surface area contributed by atoms with Crippen LogP contribution in [0.15, 0.2) is 158 Å². The number of carbonyl (C=O) groups excluding carboxylic acids is 2. The van der Waals surface area contributed by atoms with Gasteiger partial charge in [0.1, 0.15) is 39.6 Å². The number of benzene rings is 6. The first-order valence-corrected chi connectivity index (χ1v) is 20.8. The van der Waals surface area contributed by atoms with Gasteiger partial charge >= 0.3 is 0 Å². The number of hydrogen-bond donors (Lipinski definition) is 3. The number of hydrogen-bond acceptors (Lipinski definition) is 8. The summed E-state index contributed by atoms with van der Waals surface area (Å²) < 4.78 is 24.2.